The number of rotatable bonds is 5. The van der Waals surface area contributed by atoms with Gasteiger partial charge in [-0.15, -0.1) is 0 Å². The van der Waals surface area contributed by atoms with Crippen LogP contribution in [0.15, 0.2) is 39.6 Å². The van der Waals surface area contributed by atoms with Gasteiger partial charge in [0, 0.05) is 11.3 Å². The van der Waals surface area contributed by atoms with Gasteiger partial charge in [-0.2, -0.15) is 4.98 Å². The van der Waals surface area contributed by atoms with Crippen LogP contribution >= 0.6 is 0 Å². The van der Waals surface area contributed by atoms with E-state index >= 15 is 0 Å². The summed E-state index contributed by atoms with van der Waals surface area (Å²) in [6.07, 6.45) is 0.243. The molecule has 0 amide bonds. The Labute approximate surface area is 132 Å². The van der Waals surface area contributed by atoms with Crippen LogP contribution in [0.2, 0.25) is 0 Å². The zero-order valence-corrected chi connectivity index (χ0v) is 12.9. The van der Waals surface area contributed by atoms with Crippen LogP contribution in [0, 0.1) is 13.8 Å². The Kier molecular flexibility index (Phi) is 4.18. The molecule has 1 aromatic carbocycles. The monoisotopic (exact) mass is 312 g/mol. The quantitative estimate of drug-likeness (QED) is 0.773. The molecular weight excluding hydrogens is 296 g/mol. The lowest BCUT2D eigenvalue weighted by Gasteiger charge is -2.02. The molecule has 0 fully saturated rings. The maximum atomic E-state index is 12.0. The molecule has 0 aliphatic heterocycles. The molecular formula is C16H16N4O3. The van der Waals surface area contributed by atoms with Crippen molar-refractivity contribution < 1.29 is 9.26 Å². The molecule has 0 aliphatic carbocycles. The molecule has 0 aliphatic rings. The summed E-state index contributed by atoms with van der Waals surface area (Å²) < 4.78 is 10.7. The van der Waals surface area contributed by atoms with Gasteiger partial charge in [-0.25, -0.2) is 4.98 Å². The van der Waals surface area contributed by atoms with Crippen molar-refractivity contribution in [3.05, 3.63) is 69.5 Å². The minimum absolute atomic E-state index is 0.185. The fourth-order valence-corrected chi connectivity index (χ4v) is 2.20. The van der Waals surface area contributed by atoms with Crippen molar-refractivity contribution in [2.24, 2.45) is 0 Å². The highest BCUT2D eigenvalue weighted by Crippen LogP contribution is 2.11. The van der Waals surface area contributed by atoms with Crippen LogP contribution in [0.25, 0.3) is 0 Å². The lowest BCUT2D eigenvalue weighted by Crippen LogP contribution is -2.18. The van der Waals surface area contributed by atoms with Crippen LogP contribution in [0.5, 0.6) is 5.75 Å². The number of benzene rings is 1. The summed E-state index contributed by atoms with van der Waals surface area (Å²) >= 11 is 0. The molecule has 0 saturated heterocycles. The van der Waals surface area contributed by atoms with E-state index < -0.39 is 0 Å². The van der Waals surface area contributed by atoms with E-state index in [1.165, 1.54) is 0 Å². The van der Waals surface area contributed by atoms with Gasteiger partial charge in [0.25, 0.3) is 5.56 Å². The van der Waals surface area contributed by atoms with Crippen LogP contribution in [-0.2, 0) is 13.0 Å². The Balaban J connectivity index is 1.69. The standard InChI is InChI=1S/C16H16N4O3/c1-10-13(16(21)18-11(2)17-10)8-15-19-14(20-23-15)9-22-12-6-4-3-5-7-12/h3-7H,8-9H2,1-2H3,(H,17,18,21). The lowest BCUT2D eigenvalue weighted by molar-refractivity contribution is 0.285. The summed E-state index contributed by atoms with van der Waals surface area (Å²) in [5, 5.41) is 3.86. The minimum Gasteiger partial charge on any atom is -0.485 e. The second kappa shape index (κ2) is 6.43. The molecule has 0 radical (unpaired) electrons. The summed E-state index contributed by atoms with van der Waals surface area (Å²) in [5.41, 5.74) is 0.997. The van der Waals surface area contributed by atoms with Crippen molar-refractivity contribution in [2.75, 3.05) is 0 Å². The third kappa shape index (κ3) is 3.63. The van der Waals surface area contributed by atoms with E-state index in [0.717, 1.165) is 5.75 Å². The molecule has 3 rings (SSSR count). The largest absolute Gasteiger partial charge is 0.485 e. The molecule has 7 heteroatoms. The molecule has 23 heavy (non-hydrogen) atoms. The Morgan fingerprint density at radius 3 is 2.70 bits per heavy atom. The molecule has 0 spiro atoms. The highest BCUT2D eigenvalue weighted by atomic mass is 16.5. The highest BCUT2D eigenvalue weighted by Gasteiger charge is 2.13. The third-order valence-electron chi connectivity index (χ3n) is 3.29. The van der Waals surface area contributed by atoms with Gasteiger partial charge < -0.3 is 14.2 Å². The van der Waals surface area contributed by atoms with Gasteiger partial charge in [-0.1, -0.05) is 23.4 Å². The molecule has 1 N–H and O–H groups in total. The number of aromatic nitrogens is 4. The number of hydrogen-bond donors (Lipinski definition) is 1. The molecule has 0 unspecified atom stereocenters. The predicted molar refractivity (Wildman–Crippen MR) is 82.2 cm³/mol. The molecule has 2 aromatic heterocycles. The van der Waals surface area contributed by atoms with Gasteiger partial charge in [-0.3, -0.25) is 4.79 Å². The van der Waals surface area contributed by atoms with Crippen LogP contribution in [0.3, 0.4) is 0 Å². The smallest absolute Gasteiger partial charge is 0.254 e. The number of aromatic amines is 1. The average Bonchev–Trinajstić information content (AvgIpc) is 2.97. The van der Waals surface area contributed by atoms with Crippen molar-refractivity contribution in [3.8, 4) is 5.75 Å². The maximum absolute atomic E-state index is 12.0. The third-order valence-corrected chi connectivity index (χ3v) is 3.29. The highest BCUT2D eigenvalue weighted by molar-refractivity contribution is 5.21. The molecule has 2 heterocycles. The van der Waals surface area contributed by atoms with Gasteiger partial charge in [0.1, 0.15) is 11.6 Å². The first kappa shape index (κ1) is 15.0. The summed E-state index contributed by atoms with van der Waals surface area (Å²) in [4.78, 5) is 23.1. The number of nitrogens with zero attached hydrogens (tertiary/aromatic N) is 3. The van der Waals surface area contributed by atoms with Gasteiger partial charge >= 0.3 is 0 Å². The van der Waals surface area contributed by atoms with Gasteiger partial charge in [0.05, 0.1) is 6.42 Å². The van der Waals surface area contributed by atoms with Crippen molar-refractivity contribution in [2.45, 2.75) is 26.9 Å². The second-order valence-electron chi connectivity index (χ2n) is 5.10. The van der Waals surface area contributed by atoms with E-state index in [1.54, 1.807) is 13.8 Å². The van der Waals surface area contributed by atoms with Crippen LogP contribution in [-0.4, -0.2) is 20.1 Å². The Bertz CT molecular complexity index is 855. The van der Waals surface area contributed by atoms with Gasteiger partial charge in [-0.05, 0) is 26.0 Å². The van der Waals surface area contributed by atoms with Crippen LogP contribution in [0.1, 0.15) is 28.8 Å². The predicted octanol–water partition coefficient (Wildman–Crippen LogP) is 1.94. The average molecular weight is 312 g/mol. The second-order valence-corrected chi connectivity index (χ2v) is 5.10. The number of para-hydroxylation sites is 1. The summed E-state index contributed by atoms with van der Waals surface area (Å²) in [6.45, 7) is 3.73. The van der Waals surface area contributed by atoms with Gasteiger partial charge in [0.15, 0.2) is 6.61 Å². The molecule has 0 saturated carbocycles. The van der Waals surface area contributed by atoms with E-state index in [0.29, 0.717) is 28.8 Å². The van der Waals surface area contributed by atoms with Crippen LogP contribution < -0.4 is 10.3 Å². The van der Waals surface area contributed by atoms with E-state index in [-0.39, 0.29) is 18.6 Å². The number of ether oxygens (including phenoxy) is 1. The Hall–Kier alpha value is -2.96. The SMILES string of the molecule is Cc1nc(C)c(Cc2nc(COc3ccccc3)no2)c(=O)[nH]1. The molecule has 3 aromatic rings. The number of hydrogen-bond acceptors (Lipinski definition) is 6. The zero-order chi connectivity index (χ0) is 16.2. The minimum atomic E-state index is -0.185. The van der Waals surface area contributed by atoms with Crippen molar-refractivity contribution in [1.29, 1.82) is 0 Å². The van der Waals surface area contributed by atoms with Crippen molar-refractivity contribution in [1.82, 2.24) is 20.1 Å². The first-order valence-electron chi connectivity index (χ1n) is 7.17. The number of aryl methyl sites for hydroxylation is 2. The summed E-state index contributed by atoms with van der Waals surface area (Å²) in [5.74, 6) is 2.10. The summed E-state index contributed by atoms with van der Waals surface area (Å²) in [7, 11) is 0. The van der Waals surface area contributed by atoms with Crippen molar-refractivity contribution >= 4 is 0 Å². The number of H-pyrrole nitrogens is 1. The lowest BCUT2D eigenvalue weighted by atomic mass is 10.1. The molecule has 0 bridgehead atoms. The summed E-state index contributed by atoms with van der Waals surface area (Å²) in [6, 6.07) is 9.38. The molecule has 0 atom stereocenters. The number of nitrogens with one attached hydrogen (secondary N) is 1. The maximum Gasteiger partial charge on any atom is 0.254 e. The Morgan fingerprint density at radius 2 is 1.96 bits per heavy atom. The molecule has 7 nitrogen and oxygen atoms in total. The zero-order valence-electron chi connectivity index (χ0n) is 12.9. The first-order chi connectivity index (χ1) is 11.1. The van der Waals surface area contributed by atoms with E-state index in [2.05, 4.69) is 20.1 Å². The Morgan fingerprint density at radius 1 is 1.17 bits per heavy atom. The fraction of sp³-hybridized carbons (Fsp3) is 0.250. The normalized spacial score (nSPS) is 10.7. The van der Waals surface area contributed by atoms with E-state index in [4.69, 9.17) is 9.26 Å². The first-order valence-corrected chi connectivity index (χ1v) is 7.17. The topological polar surface area (TPSA) is 93.9 Å². The van der Waals surface area contributed by atoms with E-state index in [9.17, 15) is 4.79 Å². The fourth-order valence-electron chi connectivity index (χ4n) is 2.20. The van der Waals surface area contributed by atoms with Crippen LogP contribution in [0.4, 0.5) is 0 Å². The van der Waals surface area contributed by atoms with Gasteiger partial charge in [0.2, 0.25) is 11.7 Å². The van der Waals surface area contributed by atoms with Crippen molar-refractivity contribution in [3.63, 3.8) is 0 Å². The van der Waals surface area contributed by atoms with E-state index in [1.807, 2.05) is 30.3 Å². The molecule has 118 valence electrons.